The zero-order chi connectivity index (χ0) is 10.8. The average molecular weight is 208 g/mol. The first-order chi connectivity index (χ1) is 7.22. The predicted molar refractivity (Wildman–Crippen MR) is 59.7 cm³/mol. The van der Waals surface area contributed by atoms with Crippen molar-refractivity contribution >= 4 is 0 Å². The fourth-order valence-corrected chi connectivity index (χ4v) is 2.54. The van der Waals surface area contributed by atoms with E-state index < -0.39 is 0 Å². The number of likely N-dealkylation sites (tertiary alicyclic amines) is 1. The highest BCUT2D eigenvalue weighted by Gasteiger charge is 2.28. The van der Waals surface area contributed by atoms with Crippen molar-refractivity contribution in [2.24, 2.45) is 7.05 Å². The van der Waals surface area contributed by atoms with Crippen LogP contribution in [0.4, 0.5) is 0 Å². The van der Waals surface area contributed by atoms with E-state index in [-0.39, 0.29) is 0 Å². The van der Waals surface area contributed by atoms with Gasteiger partial charge in [0.25, 0.3) is 0 Å². The molecular weight excluding hydrogens is 188 g/mol. The molecule has 1 aliphatic rings. The van der Waals surface area contributed by atoms with Gasteiger partial charge in [0, 0.05) is 19.0 Å². The van der Waals surface area contributed by atoms with Gasteiger partial charge in [-0.2, -0.15) is 0 Å². The molecule has 1 aromatic rings. The molecule has 1 aliphatic heterocycles. The number of aromatic nitrogens is 3. The molecule has 0 saturated carbocycles. The second kappa shape index (κ2) is 4.31. The van der Waals surface area contributed by atoms with E-state index in [0.29, 0.717) is 12.0 Å². The van der Waals surface area contributed by atoms with E-state index in [2.05, 4.69) is 33.6 Å². The van der Waals surface area contributed by atoms with Crippen LogP contribution in [0.15, 0.2) is 6.33 Å². The fourth-order valence-electron chi connectivity index (χ4n) is 2.54. The van der Waals surface area contributed by atoms with Crippen molar-refractivity contribution in [3.05, 3.63) is 12.2 Å². The van der Waals surface area contributed by atoms with Crippen LogP contribution in [0.2, 0.25) is 0 Å². The highest BCUT2D eigenvalue weighted by molar-refractivity contribution is 5.00. The lowest BCUT2D eigenvalue weighted by Gasteiger charge is -2.36. The number of piperidine rings is 1. The lowest BCUT2D eigenvalue weighted by molar-refractivity contribution is 0.161. The summed E-state index contributed by atoms with van der Waals surface area (Å²) in [6.07, 6.45) is 5.46. The second-order valence-corrected chi connectivity index (χ2v) is 4.56. The summed E-state index contributed by atoms with van der Waals surface area (Å²) in [5.41, 5.74) is 0. The smallest absolute Gasteiger partial charge is 0.135 e. The third kappa shape index (κ3) is 2.04. The van der Waals surface area contributed by atoms with Crippen molar-refractivity contribution in [1.82, 2.24) is 19.7 Å². The van der Waals surface area contributed by atoms with Crippen LogP contribution in [0, 0.1) is 0 Å². The van der Waals surface area contributed by atoms with Crippen LogP contribution >= 0.6 is 0 Å². The lowest BCUT2D eigenvalue weighted by atomic mass is 9.89. The molecule has 84 valence electrons. The Kier molecular flexibility index (Phi) is 3.05. The molecule has 15 heavy (non-hydrogen) atoms. The Morgan fingerprint density at radius 1 is 1.47 bits per heavy atom. The van der Waals surface area contributed by atoms with Crippen LogP contribution in [0.5, 0.6) is 0 Å². The van der Waals surface area contributed by atoms with Gasteiger partial charge in [0.2, 0.25) is 0 Å². The maximum absolute atomic E-state index is 4.23. The van der Waals surface area contributed by atoms with Gasteiger partial charge in [0.05, 0.1) is 0 Å². The number of hydrogen-bond donors (Lipinski definition) is 0. The molecule has 0 unspecified atom stereocenters. The molecule has 2 atom stereocenters. The normalized spacial score (nSPS) is 28.2. The van der Waals surface area contributed by atoms with E-state index in [1.54, 1.807) is 6.33 Å². The molecule has 0 radical (unpaired) electrons. The first-order valence-corrected chi connectivity index (χ1v) is 5.76. The minimum atomic E-state index is 0.596. The Hall–Kier alpha value is -0.900. The van der Waals surface area contributed by atoms with Crippen LogP contribution in [0.25, 0.3) is 0 Å². The SMILES string of the molecule is CC[C@@H]1C[C@H](c2nncn2C)CCN1C. The van der Waals surface area contributed by atoms with Gasteiger partial charge in [-0.3, -0.25) is 0 Å². The molecule has 0 aliphatic carbocycles. The molecule has 1 fully saturated rings. The standard InChI is InChI=1S/C11H20N4/c1-4-10-7-9(5-6-14(10)2)11-13-12-8-15(11)3/h8-10H,4-7H2,1-3H3/t9-,10-/m1/s1. The van der Waals surface area contributed by atoms with Crippen LogP contribution in [-0.4, -0.2) is 39.3 Å². The molecule has 2 rings (SSSR count). The maximum Gasteiger partial charge on any atom is 0.135 e. The molecule has 1 aromatic heterocycles. The number of nitrogens with zero attached hydrogens (tertiary/aromatic N) is 4. The predicted octanol–water partition coefficient (Wildman–Crippen LogP) is 1.40. The summed E-state index contributed by atoms with van der Waals surface area (Å²) >= 11 is 0. The van der Waals surface area contributed by atoms with E-state index in [4.69, 9.17) is 0 Å². The average Bonchev–Trinajstić information content (AvgIpc) is 2.65. The lowest BCUT2D eigenvalue weighted by Crippen LogP contribution is -2.39. The Balaban J connectivity index is 2.09. The van der Waals surface area contributed by atoms with E-state index in [0.717, 1.165) is 5.82 Å². The first kappa shape index (κ1) is 10.6. The van der Waals surface area contributed by atoms with Gasteiger partial charge in [-0.25, -0.2) is 0 Å². The van der Waals surface area contributed by atoms with Crippen LogP contribution in [0.3, 0.4) is 0 Å². The van der Waals surface area contributed by atoms with Gasteiger partial charge in [-0.15, -0.1) is 10.2 Å². The maximum atomic E-state index is 4.23. The van der Waals surface area contributed by atoms with Gasteiger partial charge in [0.1, 0.15) is 12.2 Å². The third-order valence-electron chi connectivity index (χ3n) is 3.59. The van der Waals surface area contributed by atoms with Crippen LogP contribution < -0.4 is 0 Å². The Morgan fingerprint density at radius 3 is 2.87 bits per heavy atom. The minimum Gasteiger partial charge on any atom is -0.320 e. The van der Waals surface area contributed by atoms with E-state index >= 15 is 0 Å². The zero-order valence-electron chi connectivity index (χ0n) is 9.85. The van der Waals surface area contributed by atoms with Crippen LogP contribution in [-0.2, 0) is 7.05 Å². The van der Waals surface area contributed by atoms with Crippen molar-refractivity contribution in [2.45, 2.75) is 38.1 Å². The van der Waals surface area contributed by atoms with Gasteiger partial charge in [0.15, 0.2) is 0 Å². The minimum absolute atomic E-state index is 0.596. The van der Waals surface area contributed by atoms with Crippen molar-refractivity contribution in [1.29, 1.82) is 0 Å². The summed E-state index contributed by atoms with van der Waals surface area (Å²) in [4.78, 5) is 2.47. The molecular formula is C11H20N4. The Bertz CT molecular complexity index is 320. The summed E-state index contributed by atoms with van der Waals surface area (Å²) in [7, 11) is 4.26. The van der Waals surface area contributed by atoms with Gasteiger partial charge < -0.3 is 9.47 Å². The summed E-state index contributed by atoms with van der Waals surface area (Å²) in [6.45, 7) is 3.44. The molecule has 0 N–H and O–H groups in total. The third-order valence-corrected chi connectivity index (χ3v) is 3.59. The highest BCUT2D eigenvalue weighted by atomic mass is 15.3. The largest absolute Gasteiger partial charge is 0.320 e. The van der Waals surface area contributed by atoms with E-state index in [1.165, 1.54) is 25.8 Å². The number of aryl methyl sites for hydroxylation is 1. The van der Waals surface area contributed by atoms with Gasteiger partial charge in [-0.1, -0.05) is 6.92 Å². The monoisotopic (exact) mass is 208 g/mol. The topological polar surface area (TPSA) is 34.0 Å². The molecule has 0 spiro atoms. The van der Waals surface area contributed by atoms with Crippen molar-refractivity contribution < 1.29 is 0 Å². The van der Waals surface area contributed by atoms with Crippen molar-refractivity contribution in [2.75, 3.05) is 13.6 Å². The number of rotatable bonds is 2. The summed E-state index contributed by atoms with van der Waals surface area (Å²) < 4.78 is 2.06. The highest BCUT2D eigenvalue weighted by Crippen LogP contribution is 2.30. The molecule has 1 saturated heterocycles. The number of hydrogen-bond acceptors (Lipinski definition) is 3. The molecule has 4 heteroatoms. The molecule has 2 heterocycles. The van der Waals surface area contributed by atoms with Crippen molar-refractivity contribution in [3.8, 4) is 0 Å². The summed E-state index contributed by atoms with van der Waals surface area (Å²) in [5, 5.41) is 8.19. The quantitative estimate of drug-likeness (QED) is 0.737. The van der Waals surface area contributed by atoms with E-state index in [1.807, 2.05) is 7.05 Å². The summed E-state index contributed by atoms with van der Waals surface area (Å²) in [5.74, 6) is 1.75. The molecule has 0 amide bonds. The zero-order valence-corrected chi connectivity index (χ0v) is 9.85. The van der Waals surface area contributed by atoms with Crippen LogP contribution in [0.1, 0.15) is 37.9 Å². The Labute approximate surface area is 91.3 Å². The second-order valence-electron chi connectivity index (χ2n) is 4.56. The first-order valence-electron chi connectivity index (χ1n) is 5.76. The van der Waals surface area contributed by atoms with Gasteiger partial charge >= 0.3 is 0 Å². The molecule has 0 bridgehead atoms. The van der Waals surface area contributed by atoms with Gasteiger partial charge in [-0.05, 0) is 32.9 Å². The fraction of sp³-hybridized carbons (Fsp3) is 0.818. The van der Waals surface area contributed by atoms with E-state index in [9.17, 15) is 0 Å². The molecule has 4 nitrogen and oxygen atoms in total. The Morgan fingerprint density at radius 2 is 2.27 bits per heavy atom. The van der Waals surface area contributed by atoms with Crippen molar-refractivity contribution in [3.63, 3.8) is 0 Å². The molecule has 0 aromatic carbocycles. The summed E-state index contributed by atoms with van der Waals surface area (Å²) in [6, 6.07) is 0.709.